The average molecular weight is 389 g/mol. The number of nitrogens with two attached hydrogens (primary N) is 1. The zero-order valence-electron chi connectivity index (χ0n) is 12.4. The molecule has 0 aliphatic rings. The molecule has 3 N–H and O–H groups in total. The second-order valence-corrected chi connectivity index (χ2v) is 5.85. The molecule has 1 aromatic carbocycles. The van der Waals surface area contributed by atoms with Gasteiger partial charge in [0.15, 0.2) is 17.5 Å². The minimum atomic E-state index is -0.940. The Balaban J connectivity index is 2.04. The fourth-order valence-corrected chi connectivity index (χ4v) is 2.35. The van der Waals surface area contributed by atoms with E-state index >= 15 is 0 Å². The quantitative estimate of drug-likeness (QED) is 0.615. The summed E-state index contributed by atoms with van der Waals surface area (Å²) in [6.07, 6.45) is 0. The van der Waals surface area contributed by atoms with Gasteiger partial charge in [-0.1, -0.05) is 53.0 Å². The summed E-state index contributed by atoms with van der Waals surface area (Å²) in [6, 6.07) is 7.18. The summed E-state index contributed by atoms with van der Waals surface area (Å²) in [5.41, 5.74) is 6.71. The van der Waals surface area contributed by atoms with Crippen LogP contribution < -0.4 is 11.1 Å². The third-order valence-electron chi connectivity index (χ3n) is 3.02. The van der Waals surface area contributed by atoms with Crippen molar-refractivity contribution < 1.29 is 14.3 Å². The largest absolute Gasteiger partial charge is 0.451 e. The van der Waals surface area contributed by atoms with Gasteiger partial charge in [0.25, 0.3) is 5.91 Å². The van der Waals surface area contributed by atoms with Gasteiger partial charge in [-0.2, -0.15) is 0 Å². The maximum absolute atomic E-state index is 12.0. The van der Waals surface area contributed by atoms with E-state index in [0.717, 1.165) is 5.56 Å². The van der Waals surface area contributed by atoms with E-state index in [9.17, 15) is 9.59 Å². The van der Waals surface area contributed by atoms with Gasteiger partial charge in [-0.05, 0) is 18.6 Å². The monoisotopic (exact) mass is 387 g/mol. The number of esters is 1. The summed E-state index contributed by atoms with van der Waals surface area (Å²) in [4.78, 5) is 27.6. The molecule has 0 fully saturated rings. The number of hydrogen-bond acceptors (Lipinski definition) is 5. The van der Waals surface area contributed by atoms with E-state index in [1.165, 1.54) is 0 Å². The number of nitrogens with zero attached hydrogens (tertiary/aromatic N) is 1. The number of nitrogens with one attached hydrogen (secondary N) is 1. The second kappa shape index (κ2) is 7.70. The highest BCUT2D eigenvalue weighted by Gasteiger charge is 2.21. The van der Waals surface area contributed by atoms with Crippen LogP contribution in [0.5, 0.6) is 0 Å². The van der Waals surface area contributed by atoms with Crippen molar-refractivity contribution in [1.82, 2.24) is 4.98 Å². The topological polar surface area (TPSA) is 94.3 Å². The van der Waals surface area contributed by atoms with Crippen LogP contribution in [0.2, 0.25) is 15.2 Å². The lowest BCUT2D eigenvalue weighted by atomic mass is 10.2. The van der Waals surface area contributed by atoms with Crippen LogP contribution >= 0.6 is 34.8 Å². The number of aromatic nitrogens is 1. The molecule has 0 spiro atoms. The molecule has 0 saturated carbocycles. The van der Waals surface area contributed by atoms with Gasteiger partial charge in [-0.25, -0.2) is 9.78 Å². The van der Waals surface area contributed by atoms with E-state index in [1.807, 2.05) is 19.1 Å². The molecule has 0 aliphatic heterocycles. The summed E-state index contributed by atoms with van der Waals surface area (Å²) >= 11 is 17.4. The lowest BCUT2D eigenvalue weighted by Gasteiger charge is -2.10. The van der Waals surface area contributed by atoms with Crippen LogP contribution in [0.1, 0.15) is 16.1 Å². The highest BCUT2D eigenvalue weighted by Crippen LogP contribution is 2.34. The standard InChI is InChI=1S/C15H12Cl3N3O3/c1-7-4-2-3-5-8(7)20-9(22)6-24-15(23)13-10(16)12(19)11(17)14(18)21-13/h2-5H,6H2,1H3,(H2,19,21)(H,20,22). The molecule has 0 radical (unpaired) electrons. The fourth-order valence-electron chi connectivity index (χ4n) is 1.77. The van der Waals surface area contributed by atoms with Gasteiger partial charge in [-0.3, -0.25) is 4.79 Å². The van der Waals surface area contributed by atoms with Crippen molar-refractivity contribution in [3.8, 4) is 0 Å². The first-order chi connectivity index (χ1) is 11.3. The predicted molar refractivity (Wildman–Crippen MR) is 93.8 cm³/mol. The van der Waals surface area contributed by atoms with Crippen molar-refractivity contribution in [1.29, 1.82) is 0 Å². The first kappa shape index (κ1) is 18.3. The van der Waals surface area contributed by atoms with Crippen LogP contribution in [-0.2, 0) is 9.53 Å². The first-order valence-electron chi connectivity index (χ1n) is 6.63. The number of hydrogen-bond donors (Lipinski definition) is 2. The molecule has 0 unspecified atom stereocenters. The second-order valence-electron chi connectivity index (χ2n) is 4.73. The number of carbonyl (C=O) groups excluding carboxylic acids is 2. The number of para-hydroxylation sites is 1. The van der Waals surface area contributed by atoms with Gasteiger partial charge >= 0.3 is 5.97 Å². The van der Waals surface area contributed by atoms with Gasteiger partial charge in [-0.15, -0.1) is 0 Å². The number of carbonyl (C=O) groups is 2. The molecule has 1 heterocycles. The van der Waals surface area contributed by atoms with E-state index in [-0.39, 0.29) is 26.6 Å². The number of anilines is 2. The van der Waals surface area contributed by atoms with Gasteiger partial charge in [0, 0.05) is 5.69 Å². The lowest BCUT2D eigenvalue weighted by molar-refractivity contribution is -0.119. The minimum Gasteiger partial charge on any atom is -0.451 e. The molecular weight excluding hydrogens is 377 g/mol. The zero-order valence-corrected chi connectivity index (χ0v) is 14.7. The molecule has 0 aliphatic carbocycles. The molecule has 0 bridgehead atoms. The Labute approximate surface area is 152 Å². The van der Waals surface area contributed by atoms with Crippen LogP contribution in [-0.4, -0.2) is 23.5 Å². The number of pyridine rings is 1. The third-order valence-corrected chi connectivity index (χ3v) is 4.15. The van der Waals surface area contributed by atoms with E-state index in [2.05, 4.69) is 10.3 Å². The highest BCUT2D eigenvalue weighted by atomic mass is 35.5. The Morgan fingerprint density at radius 2 is 1.88 bits per heavy atom. The van der Waals surface area contributed by atoms with E-state index in [0.29, 0.717) is 5.69 Å². The number of halogens is 3. The Morgan fingerprint density at radius 3 is 2.54 bits per heavy atom. The molecule has 0 saturated heterocycles. The summed E-state index contributed by atoms with van der Waals surface area (Å²) < 4.78 is 4.88. The summed E-state index contributed by atoms with van der Waals surface area (Å²) in [7, 11) is 0. The van der Waals surface area contributed by atoms with E-state index in [4.69, 9.17) is 45.3 Å². The van der Waals surface area contributed by atoms with Gasteiger partial charge in [0.1, 0.15) is 5.02 Å². The van der Waals surface area contributed by atoms with E-state index in [1.54, 1.807) is 12.1 Å². The van der Waals surface area contributed by atoms with E-state index < -0.39 is 18.5 Å². The first-order valence-corrected chi connectivity index (χ1v) is 7.77. The number of rotatable bonds is 4. The van der Waals surface area contributed by atoms with Gasteiger partial charge in [0.05, 0.1) is 10.7 Å². The molecule has 0 atom stereocenters. The van der Waals surface area contributed by atoms with Gasteiger partial charge in [0.2, 0.25) is 0 Å². The van der Waals surface area contributed by atoms with Crippen LogP contribution in [0.25, 0.3) is 0 Å². The summed E-state index contributed by atoms with van der Waals surface area (Å²) in [6.45, 7) is 1.31. The van der Waals surface area contributed by atoms with Crippen LogP contribution in [0, 0.1) is 6.92 Å². The summed E-state index contributed by atoms with van der Waals surface area (Å²) in [5.74, 6) is -1.45. The molecule has 6 nitrogen and oxygen atoms in total. The Bertz CT molecular complexity index is 812. The van der Waals surface area contributed by atoms with Gasteiger partial charge < -0.3 is 15.8 Å². The van der Waals surface area contributed by atoms with Crippen molar-refractivity contribution in [2.75, 3.05) is 17.7 Å². The number of ether oxygens (including phenoxy) is 1. The Hall–Kier alpha value is -2.02. The zero-order chi connectivity index (χ0) is 17.9. The third kappa shape index (κ3) is 4.08. The van der Waals surface area contributed by atoms with Crippen molar-refractivity contribution in [2.24, 2.45) is 0 Å². The molecule has 2 rings (SSSR count). The number of aryl methyl sites for hydroxylation is 1. The normalized spacial score (nSPS) is 10.3. The fraction of sp³-hybridized carbons (Fsp3) is 0.133. The van der Waals surface area contributed by atoms with Crippen LogP contribution in [0.4, 0.5) is 11.4 Å². The SMILES string of the molecule is Cc1ccccc1NC(=O)COC(=O)c1nc(Cl)c(Cl)c(N)c1Cl. The van der Waals surface area contributed by atoms with Crippen molar-refractivity contribution in [2.45, 2.75) is 6.92 Å². The van der Waals surface area contributed by atoms with Crippen LogP contribution in [0.15, 0.2) is 24.3 Å². The highest BCUT2D eigenvalue weighted by molar-refractivity contribution is 6.46. The number of benzene rings is 1. The smallest absolute Gasteiger partial charge is 0.359 e. The van der Waals surface area contributed by atoms with Crippen molar-refractivity contribution in [3.63, 3.8) is 0 Å². The maximum atomic E-state index is 12.0. The Morgan fingerprint density at radius 1 is 1.21 bits per heavy atom. The van der Waals surface area contributed by atoms with Crippen LogP contribution in [0.3, 0.4) is 0 Å². The molecular formula is C15H12Cl3N3O3. The minimum absolute atomic E-state index is 0.0597. The molecule has 126 valence electrons. The molecule has 24 heavy (non-hydrogen) atoms. The number of amides is 1. The predicted octanol–water partition coefficient (Wildman–Crippen LogP) is 3.73. The molecule has 9 heteroatoms. The molecule has 2 aromatic rings. The lowest BCUT2D eigenvalue weighted by Crippen LogP contribution is -2.22. The average Bonchev–Trinajstić information content (AvgIpc) is 2.56. The number of nitrogen functional groups attached to an aromatic ring is 1. The summed E-state index contributed by atoms with van der Waals surface area (Å²) in [5, 5.41) is 2.19. The maximum Gasteiger partial charge on any atom is 0.359 e. The molecule has 1 amide bonds. The van der Waals surface area contributed by atoms with Crippen molar-refractivity contribution >= 4 is 58.1 Å². The Kier molecular flexibility index (Phi) is 5.88. The van der Waals surface area contributed by atoms with Crippen molar-refractivity contribution in [3.05, 3.63) is 50.7 Å². The molecule has 1 aromatic heterocycles.